The molecule has 5 nitrogen and oxygen atoms in total. The van der Waals surface area contributed by atoms with Crippen LogP contribution in [0.15, 0.2) is 86.4 Å². The van der Waals surface area contributed by atoms with Crippen LogP contribution >= 0.6 is 0 Å². The van der Waals surface area contributed by atoms with Crippen molar-refractivity contribution >= 4 is 21.9 Å². The molecule has 0 saturated heterocycles. The van der Waals surface area contributed by atoms with E-state index < -0.39 is 5.63 Å². The minimum absolute atomic E-state index is 0.441. The average molecular weight is 412 g/mol. The first-order valence-corrected chi connectivity index (χ1v) is 9.94. The molecule has 0 fully saturated rings. The molecule has 0 N–H and O–H groups in total. The smallest absolute Gasteiger partial charge is 0.336 e. The Kier molecular flexibility index (Phi) is 4.71. The van der Waals surface area contributed by atoms with Crippen LogP contribution in [0.5, 0.6) is 11.5 Å². The van der Waals surface area contributed by atoms with Gasteiger partial charge in [0.2, 0.25) is 0 Å². The first kappa shape index (κ1) is 19.0. The fourth-order valence-corrected chi connectivity index (χ4v) is 3.62. The Hall–Kier alpha value is -3.99. The zero-order valence-electron chi connectivity index (χ0n) is 17.2. The van der Waals surface area contributed by atoms with Gasteiger partial charge in [0, 0.05) is 22.4 Å². The Morgan fingerprint density at radius 1 is 0.903 bits per heavy atom. The van der Waals surface area contributed by atoms with Gasteiger partial charge in [0.05, 0.1) is 7.11 Å². The number of hydrogen-bond acceptors (Lipinski definition) is 5. The van der Waals surface area contributed by atoms with Crippen molar-refractivity contribution in [1.82, 2.24) is 0 Å². The number of benzene rings is 3. The third-order valence-corrected chi connectivity index (χ3v) is 5.23. The summed E-state index contributed by atoms with van der Waals surface area (Å²) in [5.74, 6) is 1.88. The summed E-state index contributed by atoms with van der Waals surface area (Å²) in [5.41, 5.74) is 3.59. The van der Waals surface area contributed by atoms with Crippen LogP contribution in [0.2, 0.25) is 0 Å². The summed E-state index contributed by atoms with van der Waals surface area (Å²) in [7, 11) is 1.60. The van der Waals surface area contributed by atoms with Crippen molar-refractivity contribution in [1.29, 1.82) is 0 Å². The molecule has 2 aromatic heterocycles. The molecule has 0 radical (unpaired) electrons. The highest BCUT2D eigenvalue weighted by molar-refractivity contribution is 5.96. The molecular formula is C26H20O5. The van der Waals surface area contributed by atoms with Crippen LogP contribution in [0.3, 0.4) is 0 Å². The third kappa shape index (κ3) is 3.66. The lowest BCUT2D eigenvalue weighted by atomic mass is 10.1. The molecule has 3 aromatic carbocycles. The zero-order chi connectivity index (χ0) is 21.4. The highest BCUT2D eigenvalue weighted by Crippen LogP contribution is 2.36. The molecule has 5 aromatic rings. The molecular weight excluding hydrogens is 392 g/mol. The molecule has 0 spiro atoms. The van der Waals surface area contributed by atoms with Crippen LogP contribution in [-0.4, -0.2) is 7.11 Å². The quantitative estimate of drug-likeness (QED) is 0.326. The lowest BCUT2D eigenvalue weighted by Gasteiger charge is -2.09. The Balaban J connectivity index is 1.57. The van der Waals surface area contributed by atoms with Gasteiger partial charge in [-0.15, -0.1) is 0 Å². The first-order valence-electron chi connectivity index (χ1n) is 9.94. The first-order chi connectivity index (χ1) is 15.1. The molecule has 0 bridgehead atoms. The lowest BCUT2D eigenvalue weighted by Crippen LogP contribution is -1.99. The predicted octanol–water partition coefficient (Wildman–Crippen LogP) is 6.10. The minimum atomic E-state index is -0.441. The van der Waals surface area contributed by atoms with Gasteiger partial charge in [0.25, 0.3) is 0 Å². The van der Waals surface area contributed by atoms with Gasteiger partial charge in [-0.2, -0.15) is 0 Å². The largest absolute Gasteiger partial charge is 0.493 e. The van der Waals surface area contributed by atoms with E-state index in [2.05, 4.69) is 19.1 Å². The minimum Gasteiger partial charge on any atom is -0.493 e. The van der Waals surface area contributed by atoms with E-state index in [9.17, 15) is 4.79 Å². The number of aryl methyl sites for hydroxylation is 1. The molecule has 2 heterocycles. The molecule has 0 saturated carbocycles. The van der Waals surface area contributed by atoms with E-state index in [1.54, 1.807) is 19.2 Å². The van der Waals surface area contributed by atoms with Gasteiger partial charge in [-0.25, -0.2) is 4.79 Å². The predicted molar refractivity (Wildman–Crippen MR) is 120 cm³/mol. The monoisotopic (exact) mass is 412 g/mol. The highest BCUT2D eigenvalue weighted by atomic mass is 16.5. The van der Waals surface area contributed by atoms with Crippen LogP contribution in [-0.2, 0) is 6.61 Å². The van der Waals surface area contributed by atoms with Crippen LogP contribution in [0.25, 0.3) is 33.3 Å². The second kappa shape index (κ2) is 7.69. The average Bonchev–Trinajstić information content (AvgIpc) is 3.22. The number of fused-ring (bicyclic) bond motifs is 2. The molecule has 154 valence electrons. The molecule has 0 atom stereocenters. The van der Waals surface area contributed by atoms with E-state index >= 15 is 0 Å². The van der Waals surface area contributed by atoms with Gasteiger partial charge < -0.3 is 18.3 Å². The summed E-state index contributed by atoms with van der Waals surface area (Å²) >= 11 is 0. The number of methoxy groups -OCH3 is 1. The van der Waals surface area contributed by atoms with Crippen molar-refractivity contribution < 1.29 is 18.3 Å². The van der Waals surface area contributed by atoms with Gasteiger partial charge in [0.1, 0.15) is 23.7 Å². The van der Waals surface area contributed by atoms with Gasteiger partial charge >= 0.3 is 5.63 Å². The summed E-state index contributed by atoms with van der Waals surface area (Å²) in [6.45, 7) is 2.50. The zero-order valence-corrected chi connectivity index (χ0v) is 17.2. The van der Waals surface area contributed by atoms with Crippen LogP contribution in [0.1, 0.15) is 11.1 Å². The van der Waals surface area contributed by atoms with E-state index in [0.29, 0.717) is 40.6 Å². The highest BCUT2D eigenvalue weighted by Gasteiger charge is 2.15. The Labute approximate surface area is 178 Å². The van der Waals surface area contributed by atoms with Crippen molar-refractivity contribution in [2.45, 2.75) is 13.5 Å². The fourth-order valence-electron chi connectivity index (χ4n) is 3.62. The molecule has 0 aliphatic heterocycles. The maximum Gasteiger partial charge on any atom is 0.336 e. The van der Waals surface area contributed by atoms with Crippen LogP contribution < -0.4 is 15.1 Å². The Morgan fingerprint density at radius 3 is 2.55 bits per heavy atom. The lowest BCUT2D eigenvalue weighted by molar-refractivity contribution is 0.306. The Morgan fingerprint density at radius 2 is 1.74 bits per heavy atom. The van der Waals surface area contributed by atoms with Crippen molar-refractivity contribution in [2.75, 3.05) is 7.11 Å². The molecule has 0 aliphatic rings. The maximum atomic E-state index is 12.2. The van der Waals surface area contributed by atoms with E-state index in [-0.39, 0.29) is 0 Å². The van der Waals surface area contributed by atoms with Crippen molar-refractivity contribution in [2.24, 2.45) is 0 Å². The summed E-state index contributed by atoms with van der Waals surface area (Å²) < 4.78 is 22.8. The summed E-state index contributed by atoms with van der Waals surface area (Å²) in [5, 5.41) is 1.63. The molecule has 0 amide bonds. The molecule has 0 aliphatic carbocycles. The van der Waals surface area contributed by atoms with Gasteiger partial charge in [-0.3, -0.25) is 0 Å². The SMILES string of the molecule is COc1cccc2cc(-c3cc(=O)oc4ccc(OCc5ccc(C)cc5)cc34)oc12. The second-order valence-electron chi connectivity index (χ2n) is 7.40. The summed E-state index contributed by atoms with van der Waals surface area (Å²) in [4.78, 5) is 12.2. The van der Waals surface area contributed by atoms with E-state index in [0.717, 1.165) is 16.3 Å². The summed E-state index contributed by atoms with van der Waals surface area (Å²) in [6, 6.07) is 22.6. The standard InChI is InChI=1S/C26H20O5/c1-16-6-8-17(9-7-16)15-29-19-10-11-22-20(13-19)21(14-25(27)30-22)24-12-18-4-3-5-23(28-2)26(18)31-24/h3-14H,15H2,1-2H3. The van der Waals surface area contributed by atoms with Crippen LogP contribution in [0.4, 0.5) is 0 Å². The van der Waals surface area contributed by atoms with Crippen molar-refractivity contribution in [3.63, 3.8) is 0 Å². The van der Waals surface area contributed by atoms with Gasteiger partial charge in [0.15, 0.2) is 11.3 Å². The molecule has 5 rings (SSSR count). The number of rotatable bonds is 5. The molecule has 5 heteroatoms. The Bertz CT molecular complexity index is 1440. The van der Waals surface area contributed by atoms with Crippen molar-refractivity contribution in [3.05, 3.63) is 94.3 Å². The van der Waals surface area contributed by atoms with Crippen molar-refractivity contribution in [3.8, 4) is 22.8 Å². The molecule has 0 unspecified atom stereocenters. The second-order valence-corrected chi connectivity index (χ2v) is 7.40. The molecule has 31 heavy (non-hydrogen) atoms. The normalized spacial score (nSPS) is 11.2. The maximum absolute atomic E-state index is 12.2. The van der Waals surface area contributed by atoms with E-state index in [1.807, 2.05) is 42.5 Å². The van der Waals surface area contributed by atoms with E-state index in [1.165, 1.54) is 11.6 Å². The fraction of sp³-hybridized carbons (Fsp3) is 0.115. The summed E-state index contributed by atoms with van der Waals surface area (Å²) in [6.07, 6.45) is 0. The number of para-hydroxylation sites is 1. The number of furan rings is 1. The van der Waals surface area contributed by atoms with Gasteiger partial charge in [-0.1, -0.05) is 42.0 Å². The number of ether oxygens (including phenoxy) is 2. The van der Waals surface area contributed by atoms with Crippen LogP contribution in [0, 0.1) is 6.92 Å². The van der Waals surface area contributed by atoms with Gasteiger partial charge in [-0.05, 0) is 42.8 Å². The number of hydrogen-bond donors (Lipinski definition) is 0. The van der Waals surface area contributed by atoms with E-state index in [4.69, 9.17) is 18.3 Å². The topological polar surface area (TPSA) is 61.8 Å². The third-order valence-electron chi connectivity index (χ3n) is 5.23.